The Hall–Kier alpha value is -3.32. The summed E-state index contributed by atoms with van der Waals surface area (Å²) in [5, 5.41) is 0.588. The van der Waals surface area contributed by atoms with Crippen molar-refractivity contribution < 1.29 is 23.4 Å². The van der Waals surface area contributed by atoms with Crippen molar-refractivity contribution in [1.29, 1.82) is 0 Å². The lowest BCUT2D eigenvalue weighted by molar-refractivity contribution is 0.0506. The van der Waals surface area contributed by atoms with Gasteiger partial charge < -0.3 is 23.5 Å². The monoisotopic (exact) mass is 465 g/mol. The van der Waals surface area contributed by atoms with Gasteiger partial charge in [-0.05, 0) is 50.8 Å². The van der Waals surface area contributed by atoms with Crippen molar-refractivity contribution in [3.05, 3.63) is 74.6 Å². The maximum Gasteiger partial charge on any atom is 0.410 e. The number of hydrogen-bond donors (Lipinski definition) is 0. The second-order valence-corrected chi connectivity index (χ2v) is 8.79. The van der Waals surface area contributed by atoms with Gasteiger partial charge >= 0.3 is 6.09 Å². The molecule has 1 aromatic heterocycles. The molecule has 2 aromatic carbocycles. The molecule has 0 saturated carbocycles. The van der Waals surface area contributed by atoms with Gasteiger partial charge in [-0.25, -0.2) is 4.79 Å². The number of amides is 1. The van der Waals surface area contributed by atoms with Crippen LogP contribution in [0.3, 0.4) is 0 Å². The van der Waals surface area contributed by atoms with Gasteiger partial charge in [-0.3, -0.25) is 4.79 Å². The molecule has 0 atom stereocenters. The fourth-order valence-corrected chi connectivity index (χ4v) is 4.55. The number of nitrogens with zero attached hydrogens (tertiary/aromatic N) is 1. The highest BCUT2D eigenvalue weighted by atomic mass is 16.7. The van der Waals surface area contributed by atoms with E-state index < -0.39 is 0 Å². The number of fused-ring (bicyclic) bond motifs is 1. The van der Waals surface area contributed by atoms with Crippen LogP contribution in [-0.4, -0.2) is 38.0 Å². The maximum absolute atomic E-state index is 13.3. The van der Waals surface area contributed by atoms with E-state index in [0.29, 0.717) is 54.0 Å². The first-order valence-corrected chi connectivity index (χ1v) is 11.6. The van der Waals surface area contributed by atoms with Gasteiger partial charge in [-0.1, -0.05) is 30.3 Å². The number of hydrogen-bond acceptors (Lipinski definition) is 6. The first-order valence-electron chi connectivity index (χ1n) is 11.6. The molecule has 180 valence electrons. The van der Waals surface area contributed by atoms with Crippen molar-refractivity contribution in [2.75, 3.05) is 27.0 Å². The number of likely N-dealkylation sites (tertiary alicyclic amines) is 1. The molecular formula is C27H31NO6. The molecule has 0 bridgehead atoms. The second-order valence-electron chi connectivity index (χ2n) is 8.79. The predicted octanol–water partition coefficient (Wildman–Crippen LogP) is 5.22. The lowest BCUT2D eigenvalue weighted by Gasteiger charge is -2.31. The largest absolute Gasteiger partial charge is 0.467 e. The van der Waals surface area contributed by atoms with Crippen molar-refractivity contribution in [2.45, 2.75) is 46.1 Å². The number of carbonyl (C=O) groups excluding carboxylic acids is 1. The van der Waals surface area contributed by atoms with E-state index in [0.717, 1.165) is 16.7 Å². The summed E-state index contributed by atoms with van der Waals surface area (Å²) in [5.74, 6) is 1.39. The molecule has 34 heavy (non-hydrogen) atoms. The zero-order valence-corrected chi connectivity index (χ0v) is 20.2. The molecule has 1 saturated heterocycles. The standard InChI is InChI=1S/C27H31NO6/c1-17-14-22(33-16-31-4)18(2)26-23(17)24(29)19(3)25(34-26)21-10-12-28(13-11-21)27(30)32-15-20-8-6-5-7-9-20/h5-9,14,21H,10-13,15-16H2,1-4H3. The molecule has 7 heteroatoms. The fraction of sp³-hybridized carbons (Fsp3) is 0.407. The Morgan fingerprint density at radius 3 is 2.47 bits per heavy atom. The van der Waals surface area contributed by atoms with Gasteiger partial charge in [0.15, 0.2) is 12.2 Å². The van der Waals surface area contributed by atoms with Crippen LogP contribution in [0.4, 0.5) is 4.79 Å². The van der Waals surface area contributed by atoms with Crippen molar-refractivity contribution >= 4 is 17.1 Å². The zero-order valence-electron chi connectivity index (χ0n) is 20.2. The third kappa shape index (κ3) is 4.80. The Bertz CT molecular complexity index is 1230. The number of methoxy groups -OCH3 is 1. The van der Waals surface area contributed by atoms with E-state index >= 15 is 0 Å². The Morgan fingerprint density at radius 1 is 1.09 bits per heavy atom. The minimum Gasteiger partial charge on any atom is -0.467 e. The molecule has 7 nitrogen and oxygen atoms in total. The summed E-state index contributed by atoms with van der Waals surface area (Å²) in [6.45, 7) is 7.07. The normalized spacial score (nSPS) is 14.4. The Labute approximate surface area is 199 Å². The molecule has 0 unspecified atom stereocenters. The first kappa shape index (κ1) is 23.8. The topological polar surface area (TPSA) is 78.2 Å². The number of ether oxygens (including phenoxy) is 3. The predicted molar refractivity (Wildman–Crippen MR) is 129 cm³/mol. The molecule has 0 spiro atoms. The van der Waals surface area contributed by atoms with Crippen molar-refractivity contribution in [3.63, 3.8) is 0 Å². The quantitative estimate of drug-likeness (QED) is 0.465. The fourth-order valence-electron chi connectivity index (χ4n) is 4.55. The van der Waals surface area contributed by atoms with Crippen LogP contribution >= 0.6 is 0 Å². The molecule has 1 fully saturated rings. The van der Waals surface area contributed by atoms with Crippen LogP contribution in [0, 0.1) is 20.8 Å². The summed E-state index contributed by atoms with van der Waals surface area (Å²) in [7, 11) is 1.56. The Kier molecular flexibility index (Phi) is 7.22. The van der Waals surface area contributed by atoms with Crippen LogP contribution in [0.25, 0.3) is 11.0 Å². The summed E-state index contributed by atoms with van der Waals surface area (Å²) in [5.41, 5.74) is 3.72. The van der Waals surface area contributed by atoms with Gasteiger partial charge in [0.25, 0.3) is 0 Å². The van der Waals surface area contributed by atoms with Crippen LogP contribution in [0.1, 0.15) is 46.8 Å². The highest BCUT2D eigenvalue weighted by Crippen LogP contribution is 2.35. The van der Waals surface area contributed by atoms with Gasteiger partial charge in [-0.2, -0.15) is 0 Å². The minimum absolute atomic E-state index is 0.0140. The van der Waals surface area contributed by atoms with E-state index in [4.69, 9.17) is 18.6 Å². The highest BCUT2D eigenvalue weighted by molar-refractivity contribution is 5.86. The Morgan fingerprint density at radius 2 is 1.79 bits per heavy atom. The van der Waals surface area contributed by atoms with E-state index in [9.17, 15) is 9.59 Å². The molecule has 1 aliphatic heterocycles. The first-order chi connectivity index (χ1) is 16.4. The van der Waals surface area contributed by atoms with E-state index in [1.165, 1.54) is 0 Å². The maximum atomic E-state index is 13.3. The molecular weight excluding hydrogens is 434 g/mol. The van der Waals surface area contributed by atoms with Gasteiger partial charge in [0.05, 0.1) is 5.39 Å². The summed E-state index contributed by atoms with van der Waals surface area (Å²) in [6, 6.07) is 11.5. The number of aryl methyl sites for hydroxylation is 2. The molecule has 0 N–H and O–H groups in total. The molecule has 2 heterocycles. The van der Waals surface area contributed by atoms with E-state index in [2.05, 4.69) is 0 Å². The Balaban J connectivity index is 1.51. The zero-order chi connectivity index (χ0) is 24.2. The highest BCUT2D eigenvalue weighted by Gasteiger charge is 2.29. The number of rotatable bonds is 6. The SMILES string of the molecule is COCOc1cc(C)c2c(=O)c(C)c(C3CCN(C(=O)OCc4ccccc4)CC3)oc2c1C. The third-order valence-corrected chi connectivity index (χ3v) is 6.49. The molecule has 1 aliphatic rings. The minimum atomic E-state index is -0.314. The summed E-state index contributed by atoms with van der Waals surface area (Å²) < 4.78 is 22.6. The van der Waals surface area contributed by atoms with E-state index in [1.807, 2.05) is 57.2 Å². The molecule has 4 rings (SSSR count). The van der Waals surface area contributed by atoms with Crippen molar-refractivity contribution in [2.24, 2.45) is 0 Å². The number of carbonyl (C=O) groups is 1. The van der Waals surface area contributed by atoms with Gasteiger partial charge in [0, 0.05) is 37.2 Å². The van der Waals surface area contributed by atoms with E-state index in [1.54, 1.807) is 12.0 Å². The molecule has 0 radical (unpaired) electrons. The average molecular weight is 466 g/mol. The molecule has 3 aromatic rings. The number of benzene rings is 2. The van der Waals surface area contributed by atoms with Crippen LogP contribution in [0.15, 0.2) is 45.6 Å². The average Bonchev–Trinajstić information content (AvgIpc) is 2.86. The van der Waals surface area contributed by atoms with Crippen LogP contribution < -0.4 is 10.2 Å². The molecule has 0 aliphatic carbocycles. The van der Waals surface area contributed by atoms with Crippen LogP contribution in [-0.2, 0) is 16.1 Å². The van der Waals surface area contributed by atoms with Crippen LogP contribution in [0.2, 0.25) is 0 Å². The van der Waals surface area contributed by atoms with Crippen molar-refractivity contribution in [3.8, 4) is 5.75 Å². The number of piperidine rings is 1. The lowest BCUT2D eigenvalue weighted by atomic mass is 9.90. The van der Waals surface area contributed by atoms with Gasteiger partial charge in [-0.15, -0.1) is 0 Å². The second kappa shape index (κ2) is 10.3. The van der Waals surface area contributed by atoms with E-state index in [-0.39, 0.29) is 30.8 Å². The van der Waals surface area contributed by atoms with Gasteiger partial charge in [0.2, 0.25) is 0 Å². The smallest absolute Gasteiger partial charge is 0.410 e. The molecule has 1 amide bonds. The summed E-state index contributed by atoms with van der Waals surface area (Å²) >= 11 is 0. The van der Waals surface area contributed by atoms with Crippen LogP contribution in [0.5, 0.6) is 5.75 Å². The summed E-state index contributed by atoms with van der Waals surface area (Å²) in [4.78, 5) is 27.5. The third-order valence-electron chi connectivity index (χ3n) is 6.49. The van der Waals surface area contributed by atoms with Gasteiger partial charge in [0.1, 0.15) is 23.7 Å². The summed E-state index contributed by atoms with van der Waals surface area (Å²) in [6.07, 6.45) is 1.09. The lowest BCUT2D eigenvalue weighted by Crippen LogP contribution is -2.38. The van der Waals surface area contributed by atoms with Crippen molar-refractivity contribution in [1.82, 2.24) is 4.90 Å².